The van der Waals surface area contributed by atoms with Gasteiger partial charge in [0.25, 0.3) is 0 Å². The first-order valence-corrected chi connectivity index (χ1v) is 10.1. The third-order valence-electron chi connectivity index (χ3n) is 5.27. The minimum Gasteiger partial charge on any atom is -0.390 e. The van der Waals surface area contributed by atoms with Crippen LogP contribution in [0.25, 0.3) is 0 Å². The average Bonchev–Trinajstić information content (AvgIpc) is 2.88. The van der Waals surface area contributed by atoms with Crippen LogP contribution in [-0.4, -0.2) is 60.3 Å². The number of nitrogens with zero attached hydrogens (tertiary/aromatic N) is 2. The molecule has 23 heavy (non-hydrogen) atoms. The first-order valence-electron chi connectivity index (χ1n) is 8.25. The van der Waals surface area contributed by atoms with E-state index in [0.717, 1.165) is 25.9 Å². The van der Waals surface area contributed by atoms with E-state index in [2.05, 4.69) is 36.1 Å². The molecule has 0 amide bonds. The van der Waals surface area contributed by atoms with Gasteiger partial charge in [-0.3, -0.25) is 4.90 Å². The molecular formula is C17H26N2O3S. The lowest BCUT2D eigenvalue weighted by Gasteiger charge is -2.47. The van der Waals surface area contributed by atoms with Gasteiger partial charge in [0.15, 0.2) is 0 Å². The van der Waals surface area contributed by atoms with Crippen molar-refractivity contribution < 1.29 is 13.5 Å². The number of aryl methyl sites for hydroxylation is 1. The van der Waals surface area contributed by atoms with Gasteiger partial charge in [-0.1, -0.05) is 29.8 Å². The Hall–Kier alpha value is -0.950. The quantitative estimate of drug-likeness (QED) is 0.904. The highest BCUT2D eigenvalue weighted by molar-refractivity contribution is 7.88. The zero-order valence-corrected chi connectivity index (χ0v) is 14.7. The number of β-amino-alcohol motifs (C(OH)–C–C–N with tert-alkyl or cyclic N) is 1. The Morgan fingerprint density at radius 3 is 2.74 bits per heavy atom. The predicted molar refractivity (Wildman–Crippen MR) is 90.6 cm³/mol. The summed E-state index contributed by atoms with van der Waals surface area (Å²) in [5.41, 5.74) is 1.88. The molecule has 6 heteroatoms. The van der Waals surface area contributed by atoms with E-state index in [1.54, 1.807) is 4.31 Å². The van der Waals surface area contributed by atoms with Crippen molar-refractivity contribution in [2.24, 2.45) is 0 Å². The van der Waals surface area contributed by atoms with Gasteiger partial charge in [-0.15, -0.1) is 0 Å². The molecule has 1 aromatic carbocycles. The standard InChI is InChI=1S/C17H26N2O3S/c1-14-5-3-6-15(11-14)12-18-10-8-17(16(20)13-18)7-4-9-19(17)23(2,21)22/h3,5-6,11,16,20H,4,7-10,12-13H2,1-2H3/t16-,17-/m0/s1. The van der Waals surface area contributed by atoms with Crippen LogP contribution in [0.5, 0.6) is 0 Å². The van der Waals surface area contributed by atoms with Crippen molar-refractivity contribution in [3.8, 4) is 0 Å². The molecule has 2 fully saturated rings. The van der Waals surface area contributed by atoms with Gasteiger partial charge in [0.2, 0.25) is 10.0 Å². The van der Waals surface area contributed by atoms with Crippen LogP contribution in [0.15, 0.2) is 24.3 Å². The summed E-state index contributed by atoms with van der Waals surface area (Å²) in [6.07, 6.45) is 2.93. The number of piperidine rings is 1. The second-order valence-corrected chi connectivity index (χ2v) is 8.94. The molecule has 0 radical (unpaired) electrons. The summed E-state index contributed by atoms with van der Waals surface area (Å²) in [5.74, 6) is 0. The Kier molecular flexibility index (Phi) is 4.53. The molecule has 1 aromatic rings. The topological polar surface area (TPSA) is 60.9 Å². The van der Waals surface area contributed by atoms with Crippen molar-refractivity contribution in [3.63, 3.8) is 0 Å². The number of hydrogen-bond acceptors (Lipinski definition) is 4. The smallest absolute Gasteiger partial charge is 0.211 e. The molecule has 1 spiro atoms. The van der Waals surface area contributed by atoms with Crippen molar-refractivity contribution >= 4 is 10.0 Å². The number of aliphatic hydroxyl groups excluding tert-OH is 1. The molecule has 2 aliphatic heterocycles. The fourth-order valence-electron chi connectivity index (χ4n) is 4.19. The molecule has 0 aromatic heterocycles. The number of rotatable bonds is 3. The van der Waals surface area contributed by atoms with Crippen molar-refractivity contribution in [3.05, 3.63) is 35.4 Å². The Balaban J connectivity index is 1.72. The maximum atomic E-state index is 12.1. The summed E-state index contributed by atoms with van der Waals surface area (Å²) in [6, 6.07) is 8.39. The van der Waals surface area contributed by atoms with Gasteiger partial charge in [0.05, 0.1) is 17.9 Å². The van der Waals surface area contributed by atoms with Gasteiger partial charge >= 0.3 is 0 Å². The predicted octanol–water partition coefficient (Wildman–Crippen LogP) is 1.36. The molecule has 0 saturated carbocycles. The summed E-state index contributed by atoms with van der Waals surface area (Å²) < 4.78 is 25.7. The lowest BCUT2D eigenvalue weighted by molar-refractivity contribution is -0.0380. The summed E-state index contributed by atoms with van der Waals surface area (Å²) in [6.45, 7) is 4.75. The molecule has 0 unspecified atom stereocenters. The number of hydrogen-bond donors (Lipinski definition) is 1. The maximum Gasteiger partial charge on any atom is 0.211 e. The number of aliphatic hydroxyl groups is 1. The molecule has 0 aliphatic carbocycles. The monoisotopic (exact) mass is 338 g/mol. The molecule has 128 valence electrons. The third-order valence-corrected chi connectivity index (χ3v) is 6.62. The number of sulfonamides is 1. The van der Waals surface area contributed by atoms with Crippen molar-refractivity contribution in [2.75, 3.05) is 25.9 Å². The molecule has 2 atom stereocenters. The highest BCUT2D eigenvalue weighted by atomic mass is 32.2. The maximum absolute atomic E-state index is 12.1. The lowest BCUT2D eigenvalue weighted by Crippen LogP contribution is -2.62. The minimum absolute atomic E-state index is 0.528. The van der Waals surface area contributed by atoms with Crippen LogP contribution in [0.1, 0.15) is 30.4 Å². The van der Waals surface area contributed by atoms with E-state index in [-0.39, 0.29) is 0 Å². The van der Waals surface area contributed by atoms with Gasteiger partial charge in [0.1, 0.15) is 0 Å². The van der Waals surface area contributed by atoms with Crippen molar-refractivity contribution in [1.82, 2.24) is 9.21 Å². The molecule has 0 bridgehead atoms. The van der Waals surface area contributed by atoms with Gasteiger partial charge in [-0.25, -0.2) is 8.42 Å². The second kappa shape index (κ2) is 6.16. The Labute approximate surface area is 139 Å². The lowest BCUT2D eigenvalue weighted by atomic mass is 9.83. The molecular weight excluding hydrogens is 312 g/mol. The summed E-state index contributed by atoms with van der Waals surface area (Å²) in [7, 11) is -3.27. The fourth-order valence-corrected chi connectivity index (χ4v) is 5.62. The Morgan fingerprint density at radius 1 is 1.30 bits per heavy atom. The number of likely N-dealkylation sites (tertiary alicyclic amines) is 1. The minimum atomic E-state index is -3.27. The van der Waals surface area contributed by atoms with E-state index in [1.807, 2.05) is 0 Å². The van der Waals surface area contributed by atoms with E-state index in [9.17, 15) is 13.5 Å². The Morgan fingerprint density at radius 2 is 2.09 bits per heavy atom. The highest BCUT2D eigenvalue weighted by Crippen LogP contribution is 2.40. The van der Waals surface area contributed by atoms with Gasteiger partial charge in [-0.2, -0.15) is 4.31 Å². The summed E-state index contributed by atoms with van der Waals surface area (Å²) >= 11 is 0. The largest absolute Gasteiger partial charge is 0.390 e. The van der Waals surface area contributed by atoms with Crippen molar-refractivity contribution in [2.45, 2.75) is 44.4 Å². The molecule has 2 saturated heterocycles. The molecule has 1 N–H and O–H groups in total. The normalized spacial score (nSPS) is 30.1. The van der Waals surface area contributed by atoms with Crippen molar-refractivity contribution in [1.29, 1.82) is 0 Å². The van der Waals surface area contributed by atoms with E-state index in [4.69, 9.17) is 0 Å². The van der Waals surface area contributed by atoms with Gasteiger partial charge in [-0.05, 0) is 31.7 Å². The van der Waals surface area contributed by atoms with Crippen LogP contribution in [0.3, 0.4) is 0 Å². The second-order valence-electron chi connectivity index (χ2n) is 7.03. The zero-order valence-electron chi connectivity index (χ0n) is 13.9. The van der Waals surface area contributed by atoms with Crippen LogP contribution in [0.4, 0.5) is 0 Å². The van der Waals surface area contributed by atoms with Crippen LogP contribution < -0.4 is 0 Å². The summed E-state index contributed by atoms with van der Waals surface area (Å²) in [5, 5.41) is 10.7. The first-order chi connectivity index (χ1) is 10.8. The average molecular weight is 338 g/mol. The van der Waals surface area contributed by atoms with Gasteiger partial charge in [0, 0.05) is 26.2 Å². The molecule has 2 aliphatic rings. The fraction of sp³-hybridized carbons (Fsp3) is 0.647. The molecule has 2 heterocycles. The van der Waals surface area contributed by atoms with E-state index in [1.165, 1.54) is 17.4 Å². The third kappa shape index (κ3) is 3.31. The first kappa shape index (κ1) is 16.9. The van der Waals surface area contributed by atoms with Crippen LogP contribution in [0.2, 0.25) is 0 Å². The SMILES string of the molecule is Cc1cccc(CN2CC[C@@]3(CCCN3S(C)(=O)=O)[C@@H](O)C2)c1. The van der Waals surface area contributed by atoms with E-state index < -0.39 is 21.7 Å². The van der Waals surface area contributed by atoms with Crippen LogP contribution >= 0.6 is 0 Å². The molecule has 5 nitrogen and oxygen atoms in total. The number of benzene rings is 1. The van der Waals surface area contributed by atoms with E-state index >= 15 is 0 Å². The zero-order chi connectivity index (χ0) is 16.7. The van der Waals surface area contributed by atoms with Gasteiger partial charge < -0.3 is 5.11 Å². The van der Waals surface area contributed by atoms with Crippen LogP contribution in [-0.2, 0) is 16.6 Å². The highest BCUT2D eigenvalue weighted by Gasteiger charge is 2.52. The summed E-state index contributed by atoms with van der Waals surface area (Å²) in [4.78, 5) is 2.23. The van der Waals surface area contributed by atoms with Crippen LogP contribution in [0, 0.1) is 6.92 Å². The Bertz CT molecular complexity index is 676. The molecule has 3 rings (SSSR count). The van der Waals surface area contributed by atoms with E-state index in [0.29, 0.717) is 19.5 Å².